The van der Waals surface area contributed by atoms with Crippen molar-refractivity contribution >= 4 is 17.4 Å². The van der Waals surface area contributed by atoms with Crippen molar-refractivity contribution in [1.29, 1.82) is 0 Å². The molecule has 0 fully saturated rings. The first-order valence-corrected chi connectivity index (χ1v) is 2.74. The van der Waals surface area contributed by atoms with Crippen LogP contribution in [0.25, 0.3) is 0 Å². The minimum absolute atomic E-state index is 0. The average molecular weight is 402 g/mol. The van der Waals surface area contributed by atoms with Crippen molar-refractivity contribution in [2.24, 2.45) is 0 Å². The standard InChI is InChI=1S/Al.5NO3.Zn/c;5*2-1(3)4;/q+3;5*-1;+2. The average Bonchev–Trinajstić information content (AvgIpc) is 1.94. The van der Waals surface area contributed by atoms with E-state index in [1.165, 1.54) is 0 Å². The summed E-state index contributed by atoms with van der Waals surface area (Å²) in [6.45, 7) is 0. The summed E-state index contributed by atoms with van der Waals surface area (Å²) < 4.78 is 0. The molecule has 0 radical (unpaired) electrons. The second-order valence-electron chi connectivity index (χ2n) is 1.12. The molecule has 0 aromatic rings. The Morgan fingerprint density at radius 1 is 0.364 bits per heavy atom. The minimum Gasteiger partial charge on any atom is -0.356 e. The molecule has 0 atom stereocenters. The van der Waals surface area contributed by atoms with Gasteiger partial charge < -0.3 is 76.6 Å². The van der Waals surface area contributed by atoms with Gasteiger partial charge in [-0.1, -0.05) is 0 Å². The number of hydrogen-bond acceptors (Lipinski definition) is 15. The van der Waals surface area contributed by atoms with E-state index < -0.39 is 25.4 Å². The Bertz CT molecular complexity index is 213. The topological polar surface area (TPSA) is 331 Å². The summed E-state index contributed by atoms with van der Waals surface area (Å²) in [7, 11) is 0. The van der Waals surface area contributed by atoms with Crippen LogP contribution >= 0.6 is 0 Å². The van der Waals surface area contributed by atoms with Crippen molar-refractivity contribution in [2.75, 3.05) is 0 Å². The third kappa shape index (κ3) is 554. The van der Waals surface area contributed by atoms with Gasteiger partial charge in [0.05, 0.1) is 25.4 Å². The van der Waals surface area contributed by atoms with Crippen LogP contribution in [0.3, 0.4) is 0 Å². The summed E-state index contributed by atoms with van der Waals surface area (Å²) in [6, 6.07) is 0. The second-order valence-corrected chi connectivity index (χ2v) is 1.12. The first-order chi connectivity index (χ1) is 8.66. The van der Waals surface area contributed by atoms with Crippen molar-refractivity contribution in [2.45, 2.75) is 0 Å². The molecule has 0 heterocycles. The predicted octanol–water partition coefficient (Wildman–Crippen LogP) is -1.58. The normalized spacial score (nSPS) is 5.45. The molecule has 0 spiro atoms. The fourth-order valence-electron chi connectivity index (χ4n) is 0. The molecular weight excluding hydrogens is 402 g/mol. The van der Waals surface area contributed by atoms with Crippen molar-refractivity contribution < 1.29 is 44.9 Å². The fraction of sp³-hybridized carbons (Fsp3) is 0. The van der Waals surface area contributed by atoms with Crippen LogP contribution in [0.1, 0.15) is 0 Å². The fourth-order valence-corrected chi connectivity index (χ4v) is 0. The molecule has 20 nitrogen and oxygen atoms in total. The van der Waals surface area contributed by atoms with Gasteiger partial charge in [0.2, 0.25) is 0 Å². The summed E-state index contributed by atoms with van der Waals surface area (Å²) in [4.78, 5) is 41.2. The van der Waals surface area contributed by atoms with Crippen molar-refractivity contribution in [3.8, 4) is 0 Å². The summed E-state index contributed by atoms with van der Waals surface area (Å²) >= 11 is 0. The predicted molar refractivity (Wildman–Crippen MR) is 57.6 cm³/mol. The van der Waals surface area contributed by atoms with Gasteiger partial charge in [-0.05, 0) is 0 Å². The largest absolute Gasteiger partial charge is 3.00 e. The zero-order valence-corrected chi connectivity index (χ0v) is 13.8. The van der Waals surface area contributed by atoms with Crippen molar-refractivity contribution in [3.05, 3.63) is 76.6 Å². The monoisotopic (exact) mass is 401 g/mol. The van der Waals surface area contributed by atoms with Crippen LogP contribution in [0.2, 0.25) is 0 Å². The van der Waals surface area contributed by atoms with Gasteiger partial charge >= 0.3 is 36.8 Å². The third-order valence-corrected chi connectivity index (χ3v) is 0. The molecule has 120 valence electrons. The van der Waals surface area contributed by atoms with Crippen LogP contribution in [0.4, 0.5) is 0 Å². The maximum absolute atomic E-state index is 8.25. The molecule has 0 aliphatic rings. The van der Waals surface area contributed by atoms with E-state index in [1.54, 1.807) is 0 Å². The maximum Gasteiger partial charge on any atom is 3.00 e. The van der Waals surface area contributed by atoms with Gasteiger partial charge in [0.15, 0.2) is 0 Å². The molecule has 0 rings (SSSR count). The molecule has 22 heavy (non-hydrogen) atoms. The van der Waals surface area contributed by atoms with Gasteiger partial charge in [-0.15, -0.1) is 0 Å². The van der Waals surface area contributed by atoms with Gasteiger partial charge in [-0.25, -0.2) is 0 Å². The Morgan fingerprint density at radius 3 is 0.364 bits per heavy atom. The summed E-state index contributed by atoms with van der Waals surface area (Å²) in [5, 5.41) is 73.8. The summed E-state index contributed by atoms with van der Waals surface area (Å²) in [5.41, 5.74) is 0. The summed E-state index contributed by atoms with van der Waals surface area (Å²) in [5.74, 6) is 0. The van der Waals surface area contributed by atoms with E-state index in [-0.39, 0.29) is 36.8 Å². The van der Waals surface area contributed by atoms with Crippen LogP contribution in [-0.2, 0) is 19.5 Å². The van der Waals surface area contributed by atoms with E-state index in [4.69, 9.17) is 76.6 Å². The van der Waals surface area contributed by atoms with Gasteiger partial charge in [0.25, 0.3) is 0 Å². The molecule has 0 unspecified atom stereocenters. The van der Waals surface area contributed by atoms with Crippen LogP contribution in [0, 0.1) is 76.6 Å². The Balaban J connectivity index is -0.0000000250. The molecule has 0 saturated heterocycles. The maximum atomic E-state index is 8.25. The van der Waals surface area contributed by atoms with Gasteiger partial charge in [0, 0.05) is 0 Å². The molecule has 0 aliphatic carbocycles. The van der Waals surface area contributed by atoms with Gasteiger partial charge in [0.1, 0.15) is 0 Å². The molecule has 0 saturated carbocycles. The van der Waals surface area contributed by atoms with Crippen molar-refractivity contribution in [1.82, 2.24) is 0 Å². The van der Waals surface area contributed by atoms with E-state index in [0.717, 1.165) is 0 Å². The van der Waals surface area contributed by atoms with Crippen LogP contribution in [0.5, 0.6) is 0 Å². The van der Waals surface area contributed by atoms with E-state index in [0.29, 0.717) is 0 Å². The first kappa shape index (κ1) is 42.7. The number of rotatable bonds is 0. The number of nitrogens with zero attached hydrogens (tertiary/aromatic N) is 5. The molecule has 22 heteroatoms. The zero-order chi connectivity index (χ0) is 17.9. The summed E-state index contributed by atoms with van der Waals surface area (Å²) in [6.07, 6.45) is 0. The first-order valence-electron chi connectivity index (χ1n) is 2.74. The second kappa shape index (κ2) is 36.2. The van der Waals surface area contributed by atoms with E-state index >= 15 is 0 Å². The Morgan fingerprint density at radius 2 is 0.364 bits per heavy atom. The zero-order valence-electron chi connectivity index (χ0n) is 9.64. The molecule has 0 N–H and O–H groups in total. The van der Waals surface area contributed by atoms with Crippen LogP contribution in [-0.4, -0.2) is 42.8 Å². The third-order valence-electron chi connectivity index (χ3n) is 0. The smallest absolute Gasteiger partial charge is 0.356 e. The molecule has 0 bridgehead atoms. The van der Waals surface area contributed by atoms with Crippen LogP contribution < -0.4 is 0 Å². The Labute approximate surface area is 139 Å². The van der Waals surface area contributed by atoms with Gasteiger partial charge in [-0.2, -0.15) is 0 Å². The van der Waals surface area contributed by atoms with E-state index in [9.17, 15) is 0 Å². The molecule has 0 aromatic heterocycles. The van der Waals surface area contributed by atoms with Crippen molar-refractivity contribution in [3.63, 3.8) is 0 Å². The number of hydrogen-bond donors (Lipinski definition) is 0. The SMILES string of the molecule is O=[N+]([O-])[O-].O=[N+]([O-])[O-].O=[N+]([O-])[O-].O=[N+]([O-])[O-].O=[N+]([O-])[O-].[Al+3].[Zn+2]. The molecule has 0 aliphatic heterocycles. The van der Waals surface area contributed by atoms with Crippen LogP contribution in [0.15, 0.2) is 0 Å². The molecule has 0 aromatic carbocycles. The Kier molecular flexibility index (Phi) is 70.2. The Hall–Kier alpha value is -2.84. The molecular formula is AlN5O15Zn. The van der Waals surface area contributed by atoms with Gasteiger partial charge in [-0.3, -0.25) is 0 Å². The van der Waals surface area contributed by atoms with E-state index in [1.807, 2.05) is 0 Å². The minimum atomic E-state index is -1.75. The molecule has 0 amide bonds. The van der Waals surface area contributed by atoms with E-state index in [2.05, 4.69) is 0 Å². The quantitative estimate of drug-likeness (QED) is 0.250.